The van der Waals surface area contributed by atoms with Gasteiger partial charge in [0, 0.05) is 18.7 Å². The van der Waals surface area contributed by atoms with Crippen LogP contribution in [-0.2, 0) is 6.54 Å². The van der Waals surface area contributed by atoms with E-state index < -0.39 is 6.03 Å². The molecule has 0 aliphatic carbocycles. The largest absolute Gasteiger partial charge is 0.350 e. The van der Waals surface area contributed by atoms with Gasteiger partial charge in [0.2, 0.25) is 0 Å². The summed E-state index contributed by atoms with van der Waals surface area (Å²) in [7, 11) is 0. The Balaban J connectivity index is 2.14. The molecule has 0 unspecified atom stereocenters. The summed E-state index contributed by atoms with van der Waals surface area (Å²) in [5.41, 5.74) is 8.72. The number of para-hydroxylation sites is 1. The molecule has 2 aromatic rings. The number of nitrogens with zero attached hydrogens (tertiary/aromatic N) is 2. The first-order valence-electron chi connectivity index (χ1n) is 5.75. The summed E-state index contributed by atoms with van der Waals surface area (Å²) in [6.45, 7) is 2.30. The van der Waals surface area contributed by atoms with Gasteiger partial charge in [-0.2, -0.15) is 5.10 Å². The molecule has 2 amide bonds. The van der Waals surface area contributed by atoms with E-state index in [0.717, 1.165) is 10.2 Å². The van der Waals surface area contributed by atoms with E-state index in [9.17, 15) is 9.59 Å². The van der Waals surface area contributed by atoms with E-state index in [0.29, 0.717) is 18.7 Å². The van der Waals surface area contributed by atoms with Gasteiger partial charge in [-0.3, -0.25) is 9.36 Å². The number of carbonyl (C=O) groups is 1. The molecule has 2 rings (SSSR count). The highest BCUT2D eigenvalue weighted by Crippen LogP contribution is 2.16. The van der Waals surface area contributed by atoms with Crippen molar-refractivity contribution in [3.63, 3.8) is 0 Å². The molecule has 0 aliphatic rings. The maximum atomic E-state index is 11.9. The third-order valence-corrected chi connectivity index (χ3v) is 3.59. The van der Waals surface area contributed by atoms with Crippen LogP contribution in [0.15, 0.2) is 34.2 Å². The number of carbonyl (C=O) groups excluding carboxylic acids is 1. The van der Waals surface area contributed by atoms with Crippen LogP contribution < -0.4 is 16.0 Å². The number of hydrogen-bond donors (Lipinski definition) is 2. The number of nitrogens with two attached hydrogens (primary N) is 1. The Kier molecular flexibility index (Phi) is 3.96. The zero-order valence-corrected chi connectivity index (χ0v) is 11.2. The number of nitrogens with one attached hydrogen (secondary N) is 1. The second kappa shape index (κ2) is 5.66. The maximum Gasteiger partial charge on any atom is 0.332 e. The van der Waals surface area contributed by atoms with Gasteiger partial charge >= 0.3 is 10.9 Å². The van der Waals surface area contributed by atoms with Gasteiger partial charge < -0.3 is 5.73 Å². The van der Waals surface area contributed by atoms with E-state index in [-0.39, 0.29) is 4.87 Å². The number of primary amides is 1. The van der Waals surface area contributed by atoms with E-state index in [1.54, 1.807) is 11.5 Å². The predicted molar refractivity (Wildman–Crippen MR) is 76.5 cm³/mol. The summed E-state index contributed by atoms with van der Waals surface area (Å²) >= 11 is 1.23. The Labute approximate surface area is 113 Å². The van der Waals surface area contributed by atoms with Crippen LogP contribution in [0.4, 0.5) is 4.79 Å². The predicted octanol–water partition coefficient (Wildman–Crippen LogP) is 1.50. The Hall–Kier alpha value is -2.15. The Morgan fingerprint density at radius 2 is 2.21 bits per heavy atom. The van der Waals surface area contributed by atoms with Gasteiger partial charge in [-0.15, -0.1) is 0 Å². The van der Waals surface area contributed by atoms with Gasteiger partial charge in [0.05, 0.1) is 10.2 Å². The summed E-state index contributed by atoms with van der Waals surface area (Å²) in [6, 6.07) is 6.96. The lowest BCUT2D eigenvalue weighted by Crippen LogP contribution is -2.25. The van der Waals surface area contributed by atoms with Crippen molar-refractivity contribution in [2.24, 2.45) is 10.8 Å². The fraction of sp³-hybridized carbons (Fsp3) is 0.250. The zero-order valence-electron chi connectivity index (χ0n) is 10.4. The summed E-state index contributed by atoms with van der Waals surface area (Å²) in [5, 5.41) is 3.81. The topological polar surface area (TPSA) is 89.5 Å². The normalized spacial score (nSPS) is 11.7. The molecule has 0 radical (unpaired) electrons. The molecular weight excluding hydrogens is 264 g/mol. The van der Waals surface area contributed by atoms with Crippen LogP contribution in [0.25, 0.3) is 10.2 Å². The summed E-state index contributed by atoms with van der Waals surface area (Å²) < 4.78 is 2.68. The Morgan fingerprint density at radius 1 is 1.47 bits per heavy atom. The average molecular weight is 278 g/mol. The van der Waals surface area contributed by atoms with Crippen molar-refractivity contribution >= 4 is 33.3 Å². The van der Waals surface area contributed by atoms with Crippen LogP contribution in [0.5, 0.6) is 0 Å². The molecule has 1 heterocycles. The van der Waals surface area contributed by atoms with E-state index >= 15 is 0 Å². The zero-order chi connectivity index (χ0) is 13.8. The Morgan fingerprint density at radius 3 is 2.95 bits per heavy atom. The minimum atomic E-state index is -0.697. The second-order valence-electron chi connectivity index (χ2n) is 4.06. The molecule has 6 nitrogen and oxygen atoms in total. The van der Waals surface area contributed by atoms with Gasteiger partial charge in [-0.25, -0.2) is 10.2 Å². The number of rotatable bonds is 4. The molecule has 0 fully saturated rings. The quantitative estimate of drug-likeness (QED) is 0.655. The highest BCUT2D eigenvalue weighted by atomic mass is 32.1. The molecule has 1 aromatic heterocycles. The van der Waals surface area contributed by atoms with E-state index in [1.165, 1.54) is 11.3 Å². The lowest BCUT2D eigenvalue weighted by Gasteiger charge is -2.03. The molecule has 0 spiro atoms. The van der Waals surface area contributed by atoms with Crippen LogP contribution in [0, 0.1) is 0 Å². The number of fused-ring (bicyclic) bond motifs is 1. The van der Waals surface area contributed by atoms with Crippen molar-refractivity contribution in [1.82, 2.24) is 9.99 Å². The SMILES string of the molecule is C/C(CCn1c(=O)sc2ccccc21)=N/NC(N)=O. The van der Waals surface area contributed by atoms with Crippen LogP contribution in [-0.4, -0.2) is 16.3 Å². The molecule has 100 valence electrons. The molecule has 7 heteroatoms. The molecule has 0 bridgehead atoms. The first kappa shape index (κ1) is 13.3. The molecule has 3 N–H and O–H groups in total. The second-order valence-corrected chi connectivity index (χ2v) is 5.05. The minimum Gasteiger partial charge on any atom is -0.350 e. The number of aromatic nitrogens is 1. The maximum absolute atomic E-state index is 11.9. The van der Waals surface area contributed by atoms with Crippen molar-refractivity contribution in [3.8, 4) is 0 Å². The van der Waals surface area contributed by atoms with Gasteiger partial charge in [0.1, 0.15) is 0 Å². The highest BCUT2D eigenvalue weighted by Gasteiger charge is 2.06. The van der Waals surface area contributed by atoms with Crippen molar-refractivity contribution in [1.29, 1.82) is 0 Å². The molecule has 0 saturated heterocycles. The fourth-order valence-corrected chi connectivity index (χ4v) is 2.62. The summed E-state index contributed by atoms with van der Waals surface area (Å²) in [4.78, 5) is 22.4. The standard InChI is InChI=1S/C12H14N4O2S/c1-8(14-15-11(13)17)6-7-16-9-4-2-3-5-10(9)19-12(16)18/h2-5H,6-7H2,1H3,(H3,13,15,17)/b14-8-. The van der Waals surface area contributed by atoms with Gasteiger partial charge in [-0.05, 0) is 19.1 Å². The molecule has 0 atom stereocenters. The number of thiazole rings is 1. The van der Waals surface area contributed by atoms with Crippen LogP contribution in [0.1, 0.15) is 13.3 Å². The lowest BCUT2D eigenvalue weighted by atomic mass is 10.3. The summed E-state index contributed by atoms with van der Waals surface area (Å²) in [5.74, 6) is 0. The molecule has 1 aromatic carbocycles. The first-order chi connectivity index (χ1) is 9.08. The molecule has 0 saturated carbocycles. The van der Waals surface area contributed by atoms with Gasteiger partial charge in [-0.1, -0.05) is 23.5 Å². The number of benzene rings is 1. The van der Waals surface area contributed by atoms with Crippen LogP contribution in [0.3, 0.4) is 0 Å². The van der Waals surface area contributed by atoms with E-state index in [1.807, 2.05) is 24.3 Å². The average Bonchev–Trinajstić information content (AvgIpc) is 2.69. The number of hydrogen-bond acceptors (Lipinski definition) is 4. The first-order valence-corrected chi connectivity index (χ1v) is 6.56. The molecule has 0 aliphatic heterocycles. The van der Waals surface area contributed by atoms with Crippen LogP contribution in [0.2, 0.25) is 0 Å². The third-order valence-electron chi connectivity index (χ3n) is 2.63. The van der Waals surface area contributed by atoms with Crippen molar-refractivity contribution in [3.05, 3.63) is 33.9 Å². The Bertz CT molecular complexity index is 686. The fourth-order valence-electron chi connectivity index (χ4n) is 1.71. The number of amides is 2. The molecule has 19 heavy (non-hydrogen) atoms. The van der Waals surface area contributed by atoms with Gasteiger partial charge in [0.15, 0.2) is 0 Å². The highest BCUT2D eigenvalue weighted by molar-refractivity contribution is 7.16. The third kappa shape index (κ3) is 3.19. The molecular formula is C12H14N4O2S. The van der Waals surface area contributed by atoms with Crippen molar-refractivity contribution in [2.45, 2.75) is 19.9 Å². The summed E-state index contributed by atoms with van der Waals surface area (Å²) in [6.07, 6.45) is 0.570. The van der Waals surface area contributed by atoms with Gasteiger partial charge in [0.25, 0.3) is 0 Å². The number of hydrazone groups is 1. The smallest absolute Gasteiger partial charge is 0.332 e. The van der Waals surface area contributed by atoms with E-state index in [4.69, 9.17) is 5.73 Å². The van der Waals surface area contributed by atoms with Crippen molar-refractivity contribution < 1.29 is 4.79 Å². The van der Waals surface area contributed by atoms with Crippen LogP contribution >= 0.6 is 11.3 Å². The number of aryl methyl sites for hydroxylation is 1. The number of urea groups is 1. The lowest BCUT2D eigenvalue weighted by molar-refractivity contribution is 0.249. The minimum absolute atomic E-state index is 0.0110. The van der Waals surface area contributed by atoms with Crippen molar-refractivity contribution in [2.75, 3.05) is 0 Å². The van der Waals surface area contributed by atoms with E-state index in [2.05, 4.69) is 10.5 Å². The monoisotopic (exact) mass is 278 g/mol.